The van der Waals surface area contributed by atoms with E-state index in [4.69, 9.17) is 9.84 Å². The van der Waals surface area contributed by atoms with Crippen LogP contribution in [0.3, 0.4) is 0 Å². The summed E-state index contributed by atoms with van der Waals surface area (Å²) in [5.41, 5.74) is 0.176. The van der Waals surface area contributed by atoms with E-state index in [0.29, 0.717) is 12.0 Å². The van der Waals surface area contributed by atoms with Crippen LogP contribution in [0.4, 0.5) is 0 Å². The summed E-state index contributed by atoms with van der Waals surface area (Å²) in [5, 5.41) is 8.96. The Morgan fingerprint density at radius 3 is 2.64 bits per heavy atom. The van der Waals surface area contributed by atoms with Crippen LogP contribution in [0.25, 0.3) is 0 Å². The fraction of sp³-hybridized carbons (Fsp3) is 0.727. The average molecular weight is 198 g/mol. The first-order valence-electron chi connectivity index (χ1n) is 5.16. The van der Waals surface area contributed by atoms with Gasteiger partial charge in [0.2, 0.25) is 0 Å². The van der Waals surface area contributed by atoms with Crippen molar-refractivity contribution in [1.29, 1.82) is 0 Å². The van der Waals surface area contributed by atoms with E-state index in [1.165, 1.54) is 0 Å². The fourth-order valence-electron chi connectivity index (χ4n) is 1.51. The van der Waals surface area contributed by atoms with Gasteiger partial charge in [-0.05, 0) is 25.8 Å². The van der Waals surface area contributed by atoms with Crippen molar-refractivity contribution in [3.05, 3.63) is 11.6 Å². The molecule has 0 aromatic rings. The van der Waals surface area contributed by atoms with Gasteiger partial charge in [-0.15, -0.1) is 0 Å². The molecule has 0 saturated carbocycles. The van der Waals surface area contributed by atoms with Crippen molar-refractivity contribution in [2.75, 3.05) is 6.61 Å². The van der Waals surface area contributed by atoms with Crippen LogP contribution in [0.15, 0.2) is 11.6 Å². The molecule has 1 N–H and O–H groups in total. The first-order valence-corrected chi connectivity index (χ1v) is 5.16. The zero-order valence-electron chi connectivity index (χ0n) is 8.88. The third kappa shape index (κ3) is 2.84. The van der Waals surface area contributed by atoms with Gasteiger partial charge < -0.3 is 9.84 Å². The van der Waals surface area contributed by atoms with Crippen LogP contribution in [0.1, 0.15) is 39.5 Å². The summed E-state index contributed by atoms with van der Waals surface area (Å²) in [4.78, 5) is 10.9. The van der Waals surface area contributed by atoms with Gasteiger partial charge in [0, 0.05) is 12.0 Å². The second-order valence-electron chi connectivity index (χ2n) is 3.99. The molecule has 14 heavy (non-hydrogen) atoms. The van der Waals surface area contributed by atoms with E-state index in [9.17, 15) is 4.79 Å². The third-order valence-electron chi connectivity index (χ3n) is 2.58. The molecule has 1 aliphatic heterocycles. The minimum absolute atomic E-state index is 0.318. The van der Waals surface area contributed by atoms with Crippen LogP contribution >= 0.6 is 0 Å². The van der Waals surface area contributed by atoms with Crippen molar-refractivity contribution in [3.63, 3.8) is 0 Å². The molecule has 80 valence electrons. The van der Waals surface area contributed by atoms with Gasteiger partial charge in [0.1, 0.15) is 0 Å². The van der Waals surface area contributed by atoms with Crippen molar-refractivity contribution >= 4 is 5.97 Å². The van der Waals surface area contributed by atoms with Gasteiger partial charge in [-0.2, -0.15) is 0 Å². The standard InChI is InChI=1S/C11H18O3/c1-3-4-5-9(10(12)13)8-11(2)6-7-14-11/h8H,3-7H2,1-2H3,(H,12,13). The Morgan fingerprint density at radius 1 is 1.64 bits per heavy atom. The van der Waals surface area contributed by atoms with Crippen LogP contribution in [0.5, 0.6) is 0 Å². The second kappa shape index (κ2) is 4.60. The Labute approximate surface area is 84.8 Å². The molecule has 1 aliphatic rings. The predicted molar refractivity (Wildman–Crippen MR) is 54.2 cm³/mol. The lowest BCUT2D eigenvalue weighted by atomic mass is 9.93. The van der Waals surface area contributed by atoms with Crippen molar-refractivity contribution in [1.82, 2.24) is 0 Å². The summed E-state index contributed by atoms with van der Waals surface area (Å²) in [6.45, 7) is 4.74. The van der Waals surface area contributed by atoms with E-state index >= 15 is 0 Å². The van der Waals surface area contributed by atoms with Gasteiger partial charge in [0.15, 0.2) is 0 Å². The van der Waals surface area contributed by atoms with Crippen molar-refractivity contribution in [3.8, 4) is 0 Å². The van der Waals surface area contributed by atoms with E-state index in [0.717, 1.165) is 25.9 Å². The fourth-order valence-corrected chi connectivity index (χ4v) is 1.51. The van der Waals surface area contributed by atoms with Crippen molar-refractivity contribution in [2.45, 2.75) is 45.1 Å². The van der Waals surface area contributed by atoms with Gasteiger partial charge in [-0.3, -0.25) is 0 Å². The molecule has 0 amide bonds. The summed E-state index contributed by atoms with van der Waals surface area (Å²) in [6.07, 6.45) is 5.28. The molecule has 1 fully saturated rings. The number of unbranched alkanes of at least 4 members (excludes halogenated alkanes) is 1. The Morgan fingerprint density at radius 2 is 2.29 bits per heavy atom. The molecule has 0 aromatic heterocycles. The molecule has 1 heterocycles. The summed E-state index contributed by atoms with van der Waals surface area (Å²) in [6, 6.07) is 0. The number of carboxylic acid groups (broad SMARTS) is 1. The Balaban J connectivity index is 2.61. The molecule has 1 rings (SSSR count). The van der Waals surface area contributed by atoms with Crippen molar-refractivity contribution < 1.29 is 14.6 Å². The van der Waals surface area contributed by atoms with Gasteiger partial charge in [0.25, 0.3) is 0 Å². The minimum atomic E-state index is -0.810. The van der Waals surface area contributed by atoms with Crippen LogP contribution in [0, 0.1) is 0 Å². The van der Waals surface area contributed by atoms with Crippen LogP contribution in [-0.4, -0.2) is 23.3 Å². The topological polar surface area (TPSA) is 46.5 Å². The maximum absolute atomic E-state index is 10.9. The number of carboxylic acids is 1. The maximum atomic E-state index is 10.9. The number of ether oxygens (including phenoxy) is 1. The Bertz CT molecular complexity index is 239. The molecular formula is C11H18O3. The molecule has 1 unspecified atom stereocenters. The van der Waals surface area contributed by atoms with Gasteiger partial charge >= 0.3 is 5.97 Å². The van der Waals surface area contributed by atoms with Gasteiger partial charge in [-0.25, -0.2) is 4.79 Å². The smallest absolute Gasteiger partial charge is 0.331 e. The van der Waals surface area contributed by atoms with E-state index < -0.39 is 5.97 Å². The lowest BCUT2D eigenvalue weighted by Gasteiger charge is -2.36. The lowest BCUT2D eigenvalue weighted by molar-refractivity contribution is -0.133. The molecule has 0 aromatic carbocycles. The summed E-state index contributed by atoms with van der Waals surface area (Å²) in [7, 11) is 0. The van der Waals surface area contributed by atoms with Crippen LogP contribution in [-0.2, 0) is 9.53 Å². The Hall–Kier alpha value is -0.830. The van der Waals surface area contributed by atoms with Gasteiger partial charge in [-0.1, -0.05) is 13.3 Å². The van der Waals surface area contributed by atoms with Crippen LogP contribution < -0.4 is 0 Å². The Kier molecular flexibility index (Phi) is 3.69. The minimum Gasteiger partial charge on any atom is -0.478 e. The summed E-state index contributed by atoms with van der Waals surface area (Å²) >= 11 is 0. The highest BCUT2D eigenvalue weighted by Crippen LogP contribution is 2.29. The molecule has 3 heteroatoms. The molecule has 0 radical (unpaired) electrons. The monoisotopic (exact) mass is 198 g/mol. The number of hydrogen-bond acceptors (Lipinski definition) is 2. The molecule has 3 nitrogen and oxygen atoms in total. The number of carbonyl (C=O) groups is 1. The molecular weight excluding hydrogens is 180 g/mol. The largest absolute Gasteiger partial charge is 0.478 e. The second-order valence-corrected chi connectivity index (χ2v) is 3.99. The number of hydrogen-bond donors (Lipinski definition) is 1. The quantitative estimate of drug-likeness (QED) is 0.690. The van der Waals surface area contributed by atoms with Crippen molar-refractivity contribution in [2.24, 2.45) is 0 Å². The maximum Gasteiger partial charge on any atom is 0.331 e. The van der Waals surface area contributed by atoms with Crippen LogP contribution in [0.2, 0.25) is 0 Å². The first-order chi connectivity index (χ1) is 6.57. The van der Waals surface area contributed by atoms with E-state index in [2.05, 4.69) is 6.92 Å². The normalized spacial score (nSPS) is 27.1. The van der Waals surface area contributed by atoms with E-state index in [1.54, 1.807) is 6.08 Å². The molecule has 1 saturated heterocycles. The molecule has 1 atom stereocenters. The summed E-state index contributed by atoms with van der Waals surface area (Å²) in [5.74, 6) is -0.810. The molecule has 0 aliphatic carbocycles. The van der Waals surface area contributed by atoms with E-state index in [1.807, 2.05) is 6.92 Å². The number of rotatable bonds is 5. The highest BCUT2D eigenvalue weighted by atomic mass is 16.5. The highest BCUT2D eigenvalue weighted by molar-refractivity contribution is 5.86. The number of aliphatic carboxylic acids is 1. The van der Waals surface area contributed by atoms with Gasteiger partial charge in [0.05, 0.1) is 12.2 Å². The molecule has 0 spiro atoms. The first kappa shape index (κ1) is 11.2. The lowest BCUT2D eigenvalue weighted by Crippen LogP contribution is -2.39. The zero-order valence-corrected chi connectivity index (χ0v) is 8.88. The third-order valence-corrected chi connectivity index (χ3v) is 2.58. The molecule has 0 bridgehead atoms. The average Bonchev–Trinajstić information content (AvgIpc) is 2.09. The van der Waals surface area contributed by atoms with E-state index in [-0.39, 0.29) is 5.60 Å². The SMILES string of the molecule is CCCCC(=CC1(C)CCO1)C(=O)O. The summed E-state index contributed by atoms with van der Waals surface area (Å²) < 4.78 is 5.34. The zero-order chi connectivity index (χ0) is 10.6. The predicted octanol–water partition coefficient (Wildman–Crippen LogP) is 2.37. The highest BCUT2D eigenvalue weighted by Gasteiger charge is 2.31.